The standard InChI is InChI=1S/C28H33NO5S2/c1-20-16-21(2)28(22(3)17-20)36(31,32)29-27-25-13-8-7-12-24(25)18-26(27)34-35(30)15-9-14-33-19-23-10-5-4-6-11-23/h4-8,10-13,16-17,26-27,29H,9,14-15,18-19H2,1-3H3. The van der Waals surface area contributed by atoms with Gasteiger partial charge in [0.25, 0.3) is 0 Å². The molecule has 1 N–H and O–H groups in total. The Morgan fingerprint density at radius 3 is 2.36 bits per heavy atom. The van der Waals surface area contributed by atoms with E-state index in [0.717, 1.165) is 22.3 Å². The molecule has 3 aromatic carbocycles. The highest BCUT2D eigenvalue weighted by Crippen LogP contribution is 2.35. The van der Waals surface area contributed by atoms with E-state index in [1.807, 2.05) is 73.7 Å². The second-order valence-corrected chi connectivity index (χ2v) is 12.1. The van der Waals surface area contributed by atoms with Crippen molar-refractivity contribution in [1.82, 2.24) is 4.72 Å². The SMILES string of the molecule is Cc1cc(C)c(S(=O)(=O)NC2c3ccccc3CC2OS(=O)CCCOCc2ccccc2)c(C)c1. The molecule has 3 unspecified atom stereocenters. The summed E-state index contributed by atoms with van der Waals surface area (Å²) in [7, 11) is -3.83. The lowest BCUT2D eigenvalue weighted by Crippen LogP contribution is -2.36. The summed E-state index contributed by atoms with van der Waals surface area (Å²) in [6, 6.07) is 20.7. The molecule has 3 atom stereocenters. The van der Waals surface area contributed by atoms with Crippen molar-refractivity contribution in [2.45, 2.75) is 57.3 Å². The fraction of sp³-hybridized carbons (Fsp3) is 0.357. The average molecular weight is 528 g/mol. The number of fused-ring (bicyclic) bond motifs is 1. The fourth-order valence-corrected chi connectivity index (χ4v) is 7.43. The minimum atomic E-state index is -3.83. The van der Waals surface area contributed by atoms with Crippen LogP contribution >= 0.6 is 0 Å². The van der Waals surface area contributed by atoms with Gasteiger partial charge in [0.2, 0.25) is 10.0 Å². The quantitative estimate of drug-likeness (QED) is 0.361. The van der Waals surface area contributed by atoms with Crippen LogP contribution in [0.3, 0.4) is 0 Å². The Morgan fingerprint density at radius 1 is 0.972 bits per heavy atom. The van der Waals surface area contributed by atoms with Gasteiger partial charge in [-0.3, -0.25) is 4.18 Å². The summed E-state index contributed by atoms with van der Waals surface area (Å²) in [6.07, 6.45) is 0.511. The molecule has 1 aliphatic carbocycles. The van der Waals surface area contributed by atoms with Crippen LogP contribution in [0.15, 0.2) is 71.6 Å². The normalized spacial score (nSPS) is 18.2. The molecule has 36 heavy (non-hydrogen) atoms. The van der Waals surface area contributed by atoms with Gasteiger partial charge in [0, 0.05) is 13.0 Å². The minimum Gasteiger partial charge on any atom is -0.377 e. The zero-order valence-electron chi connectivity index (χ0n) is 20.9. The van der Waals surface area contributed by atoms with E-state index in [2.05, 4.69) is 4.72 Å². The Labute approximate surface area is 216 Å². The van der Waals surface area contributed by atoms with E-state index in [1.165, 1.54) is 0 Å². The van der Waals surface area contributed by atoms with Gasteiger partial charge in [-0.1, -0.05) is 72.3 Å². The number of benzene rings is 3. The maximum atomic E-state index is 13.5. The molecule has 0 aliphatic heterocycles. The molecule has 0 saturated heterocycles. The lowest BCUT2D eigenvalue weighted by Gasteiger charge is -2.23. The predicted molar refractivity (Wildman–Crippen MR) is 142 cm³/mol. The van der Waals surface area contributed by atoms with Crippen molar-refractivity contribution < 1.29 is 21.5 Å². The van der Waals surface area contributed by atoms with Crippen LogP contribution in [0.4, 0.5) is 0 Å². The molecule has 0 saturated carbocycles. The van der Waals surface area contributed by atoms with Crippen LogP contribution in [0.2, 0.25) is 0 Å². The van der Waals surface area contributed by atoms with Crippen molar-refractivity contribution in [2.24, 2.45) is 0 Å². The van der Waals surface area contributed by atoms with E-state index >= 15 is 0 Å². The van der Waals surface area contributed by atoms with Crippen molar-refractivity contribution in [1.29, 1.82) is 0 Å². The highest BCUT2D eigenvalue weighted by atomic mass is 32.2. The first kappa shape index (κ1) is 26.7. The molecular weight excluding hydrogens is 494 g/mol. The van der Waals surface area contributed by atoms with Crippen LogP contribution in [0.1, 0.15) is 45.8 Å². The van der Waals surface area contributed by atoms with Crippen molar-refractivity contribution in [3.8, 4) is 0 Å². The number of rotatable bonds is 11. The number of nitrogens with one attached hydrogen (secondary N) is 1. The Kier molecular flexibility index (Phi) is 8.74. The first-order valence-electron chi connectivity index (χ1n) is 12.1. The van der Waals surface area contributed by atoms with Crippen LogP contribution in [-0.4, -0.2) is 31.1 Å². The topological polar surface area (TPSA) is 81.7 Å². The summed E-state index contributed by atoms with van der Waals surface area (Å²) < 4.78 is 54.2. The minimum absolute atomic E-state index is 0.285. The molecule has 0 heterocycles. The second-order valence-electron chi connectivity index (χ2n) is 9.26. The van der Waals surface area contributed by atoms with E-state index in [-0.39, 0.29) is 4.90 Å². The predicted octanol–water partition coefficient (Wildman–Crippen LogP) is 4.84. The molecule has 0 fully saturated rings. The van der Waals surface area contributed by atoms with Gasteiger partial charge < -0.3 is 4.74 Å². The van der Waals surface area contributed by atoms with Crippen molar-refractivity contribution >= 4 is 21.1 Å². The van der Waals surface area contributed by atoms with Crippen LogP contribution in [0, 0.1) is 20.8 Å². The molecule has 0 spiro atoms. The molecule has 0 bridgehead atoms. The number of aryl methyl sites for hydroxylation is 3. The van der Waals surface area contributed by atoms with Crippen molar-refractivity contribution in [2.75, 3.05) is 12.4 Å². The van der Waals surface area contributed by atoms with Gasteiger partial charge in [-0.25, -0.2) is 17.3 Å². The maximum absolute atomic E-state index is 13.5. The Hall–Kier alpha value is -2.36. The largest absolute Gasteiger partial charge is 0.377 e. The molecule has 8 heteroatoms. The molecule has 0 amide bonds. The molecule has 4 rings (SSSR count). The zero-order chi connectivity index (χ0) is 25.7. The van der Waals surface area contributed by atoms with Crippen molar-refractivity contribution in [3.63, 3.8) is 0 Å². The molecule has 3 aromatic rings. The van der Waals surface area contributed by atoms with Gasteiger partial charge in [-0.2, -0.15) is 0 Å². The number of hydrogen-bond donors (Lipinski definition) is 1. The van der Waals surface area contributed by atoms with Gasteiger partial charge >= 0.3 is 0 Å². The first-order chi connectivity index (χ1) is 17.2. The van der Waals surface area contributed by atoms with Crippen molar-refractivity contribution in [3.05, 3.63) is 100 Å². The lowest BCUT2D eigenvalue weighted by atomic mass is 10.1. The van der Waals surface area contributed by atoms with Gasteiger partial charge in [0.05, 0.1) is 29.4 Å². The Bertz CT molecular complexity index is 1300. The summed E-state index contributed by atoms with van der Waals surface area (Å²) in [4.78, 5) is 0.285. The second kappa shape index (κ2) is 11.8. The monoisotopic (exact) mass is 527 g/mol. The van der Waals surface area contributed by atoms with Gasteiger partial charge in [0.15, 0.2) is 11.1 Å². The summed E-state index contributed by atoms with van der Waals surface area (Å²) in [5.41, 5.74) is 5.35. The maximum Gasteiger partial charge on any atom is 0.241 e. The molecule has 0 aromatic heterocycles. The van der Waals surface area contributed by atoms with Gasteiger partial charge in [-0.05, 0) is 55.0 Å². The van der Waals surface area contributed by atoms with Gasteiger partial charge in [0.1, 0.15) is 0 Å². The van der Waals surface area contributed by atoms with Crippen LogP contribution in [-0.2, 0) is 43.1 Å². The Morgan fingerprint density at radius 2 is 1.64 bits per heavy atom. The van der Waals surface area contributed by atoms with Gasteiger partial charge in [-0.15, -0.1) is 0 Å². The molecule has 192 valence electrons. The molecule has 6 nitrogen and oxygen atoms in total. The smallest absolute Gasteiger partial charge is 0.241 e. The number of hydrogen-bond acceptors (Lipinski definition) is 5. The third-order valence-electron chi connectivity index (χ3n) is 6.28. The van der Waals surface area contributed by atoms with E-state index in [0.29, 0.717) is 42.9 Å². The molecule has 0 radical (unpaired) electrons. The average Bonchev–Trinajstić information content (AvgIpc) is 3.14. The lowest BCUT2D eigenvalue weighted by molar-refractivity contribution is 0.121. The summed E-state index contributed by atoms with van der Waals surface area (Å²) >= 11 is -1.57. The van der Waals surface area contributed by atoms with E-state index < -0.39 is 33.2 Å². The number of ether oxygens (including phenoxy) is 1. The number of sulfonamides is 1. The first-order valence-corrected chi connectivity index (χ1v) is 14.8. The molecular formula is C28H33NO5S2. The van der Waals surface area contributed by atoms with Crippen LogP contribution in [0.5, 0.6) is 0 Å². The van der Waals surface area contributed by atoms with Crippen LogP contribution < -0.4 is 4.72 Å². The highest BCUT2D eigenvalue weighted by Gasteiger charge is 2.38. The fourth-order valence-electron chi connectivity index (χ4n) is 4.83. The zero-order valence-corrected chi connectivity index (χ0v) is 22.5. The van der Waals surface area contributed by atoms with E-state index in [1.54, 1.807) is 13.8 Å². The third-order valence-corrected chi connectivity index (χ3v) is 9.11. The Balaban J connectivity index is 1.40. The summed E-state index contributed by atoms with van der Waals surface area (Å²) in [6.45, 7) is 6.54. The van der Waals surface area contributed by atoms with E-state index in [9.17, 15) is 12.6 Å². The van der Waals surface area contributed by atoms with E-state index in [4.69, 9.17) is 8.92 Å². The molecule has 1 aliphatic rings. The third kappa shape index (κ3) is 6.49. The summed E-state index contributed by atoms with van der Waals surface area (Å²) in [5.74, 6) is 0.317. The van der Waals surface area contributed by atoms with Crippen LogP contribution in [0.25, 0.3) is 0 Å². The highest BCUT2D eigenvalue weighted by molar-refractivity contribution is 7.89. The summed E-state index contributed by atoms with van der Waals surface area (Å²) in [5, 5.41) is 0.